The van der Waals surface area contributed by atoms with Gasteiger partial charge < -0.3 is 14.2 Å². The maximum Gasteiger partial charge on any atom is 0.245 e. The smallest absolute Gasteiger partial charge is 0.245 e. The predicted octanol–water partition coefficient (Wildman–Crippen LogP) is 2.80. The Morgan fingerprint density at radius 1 is 1.20 bits per heavy atom. The minimum Gasteiger partial charge on any atom is -0.381 e. The molecule has 25 heavy (non-hydrogen) atoms. The number of carbonyl (C=O) groups excluding carboxylic acids is 1. The van der Waals surface area contributed by atoms with E-state index in [9.17, 15) is 4.79 Å². The zero-order valence-corrected chi connectivity index (χ0v) is 15.4. The standard InChI is InChI=1S/C19H33NO5/c1-3-4-11-23-13-10-15-16(18-9-8-17(15)25-18)14-24-12-6-5-7-19(21)20(2)22/h3,15-18,22H,1,4-14H2,2H3/t15-,16+,17-,18+/m1/s1. The minimum atomic E-state index is -0.252. The third kappa shape index (κ3) is 6.37. The van der Waals surface area contributed by atoms with E-state index in [1.54, 1.807) is 0 Å². The normalized spacial score (nSPS) is 27.6. The summed E-state index contributed by atoms with van der Waals surface area (Å²) in [6.45, 7) is 6.60. The lowest BCUT2D eigenvalue weighted by Crippen LogP contribution is -2.32. The number of nitrogens with zero attached hydrogens (tertiary/aromatic N) is 1. The van der Waals surface area contributed by atoms with Gasteiger partial charge in [0.2, 0.25) is 5.91 Å². The van der Waals surface area contributed by atoms with Crippen LogP contribution in [0.3, 0.4) is 0 Å². The fourth-order valence-electron chi connectivity index (χ4n) is 3.85. The van der Waals surface area contributed by atoms with Gasteiger partial charge in [0, 0.05) is 39.2 Å². The van der Waals surface area contributed by atoms with Crippen molar-refractivity contribution in [2.75, 3.05) is 33.5 Å². The van der Waals surface area contributed by atoms with Crippen molar-refractivity contribution in [1.82, 2.24) is 5.06 Å². The molecule has 2 fully saturated rings. The van der Waals surface area contributed by atoms with Gasteiger partial charge in [-0.05, 0) is 44.4 Å². The van der Waals surface area contributed by atoms with Crippen LogP contribution in [-0.2, 0) is 19.0 Å². The van der Waals surface area contributed by atoms with Crippen LogP contribution in [0, 0.1) is 11.8 Å². The third-order valence-corrected chi connectivity index (χ3v) is 5.25. The second kappa shape index (κ2) is 10.9. The van der Waals surface area contributed by atoms with E-state index in [0.29, 0.717) is 42.1 Å². The highest BCUT2D eigenvalue weighted by Gasteiger charge is 2.48. The van der Waals surface area contributed by atoms with Crippen LogP contribution in [0.15, 0.2) is 12.7 Å². The van der Waals surface area contributed by atoms with E-state index in [1.807, 2.05) is 6.08 Å². The molecule has 2 saturated heterocycles. The van der Waals surface area contributed by atoms with Gasteiger partial charge in [-0.1, -0.05) is 6.08 Å². The number of hydroxylamine groups is 2. The van der Waals surface area contributed by atoms with Gasteiger partial charge in [-0.15, -0.1) is 6.58 Å². The maximum atomic E-state index is 11.3. The quantitative estimate of drug-likeness (QED) is 0.238. The van der Waals surface area contributed by atoms with E-state index >= 15 is 0 Å². The summed E-state index contributed by atoms with van der Waals surface area (Å²) in [7, 11) is 1.36. The van der Waals surface area contributed by atoms with Gasteiger partial charge in [-0.3, -0.25) is 10.0 Å². The highest BCUT2D eigenvalue weighted by molar-refractivity contribution is 5.74. The number of ether oxygens (including phenoxy) is 3. The van der Waals surface area contributed by atoms with Gasteiger partial charge in [0.05, 0.1) is 18.8 Å². The van der Waals surface area contributed by atoms with E-state index in [2.05, 4.69) is 6.58 Å². The molecule has 0 unspecified atom stereocenters. The van der Waals surface area contributed by atoms with Gasteiger partial charge in [-0.2, -0.15) is 0 Å². The van der Waals surface area contributed by atoms with Gasteiger partial charge in [-0.25, -0.2) is 5.06 Å². The van der Waals surface area contributed by atoms with Crippen molar-refractivity contribution < 1.29 is 24.2 Å². The minimum absolute atomic E-state index is 0.252. The molecule has 2 rings (SSSR count). The van der Waals surface area contributed by atoms with Crippen LogP contribution in [0.5, 0.6) is 0 Å². The summed E-state index contributed by atoms with van der Waals surface area (Å²) >= 11 is 0. The Balaban J connectivity index is 1.60. The first-order valence-electron chi connectivity index (χ1n) is 9.50. The fourth-order valence-corrected chi connectivity index (χ4v) is 3.85. The molecule has 0 aromatic heterocycles. The van der Waals surface area contributed by atoms with Crippen molar-refractivity contribution in [2.45, 2.75) is 57.2 Å². The Kier molecular flexibility index (Phi) is 8.89. The summed E-state index contributed by atoms with van der Waals surface area (Å²) in [6.07, 6.45) is 8.75. The van der Waals surface area contributed by atoms with Crippen molar-refractivity contribution in [3.63, 3.8) is 0 Å². The van der Waals surface area contributed by atoms with E-state index in [1.165, 1.54) is 7.05 Å². The first-order chi connectivity index (χ1) is 12.1. The second-order valence-corrected chi connectivity index (χ2v) is 7.05. The molecular weight excluding hydrogens is 322 g/mol. The molecule has 2 aliphatic heterocycles. The zero-order chi connectivity index (χ0) is 18.1. The van der Waals surface area contributed by atoms with Crippen molar-refractivity contribution in [1.29, 1.82) is 0 Å². The number of rotatable bonds is 13. The molecule has 0 spiro atoms. The van der Waals surface area contributed by atoms with Crippen LogP contribution in [-0.4, -0.2) is 61.9 Å². The highest BCUT2D eigenvalue weighted by Crippen LogP contribution is 2.45. The summed E-state index contributed by atoms with van der Waals surface area (Å²) in [4.78, 5) is 11.3. The molecule has 2 bridgehead atoms. The van der Waals surface area contributed by atoms with Gasteiger partial charge in [0.1, 0.15) is 0 Å². The number of amides is 1. The Bertz CT molecular complexity index is 415. The molecule has 1 N–H and O–H groups in total. The molecule has 0 saturated carbocycles. The molecule has 2 aliphatic rings. The molecule has 0 aliphatic carbocycles. The zero-order valence-electron chi connectivity index (χ0n) is 15.4. The van der Waals surface area contributed by atoms with Crippen LogP contribution < -0.4 is 0 Å². The fraction of sp³-hybridized carbons (Fsp3) is 0.842. The highest BCUT2D eigenvalue weighted by atomic mass is 16.5. The number of hydrogen-bond acceptors (Lipinski definition) is 5. The van der Waals surface area contributed by atoms with Crippen molar-refractivity contribution in [2.24, 2.45) is 11.8 Å². The number of unbranched alkanes of at least 4 members (excludes halogenated alkanes) is 1. The average molecular weight is 355 g/mol. The lowest BCUT2D eigenvalue weighted by atomic mass is 9.78. The molecule has 0 radical (unpaired) electrons. The van der Waals surface area contributed by atoms with Crippen LogP contribution in [0.25, 0.3) is 0 Å². The first-order valence-corrected chi connectivity index (χ1v) is 9.50. The Morgan fingerprint density at radius 2 is 1.96 bits per heavy atom. The molecule has 0 aromatic carbocycles. The Labute approximate surface area is 151 Å². The van der Waals surface area contributed by atoms with E-state index in [4.69, 9.17) is 19.4 Å². The molecule has 1 amide bonds. The topological polar surface area (TPSA) is 68.2 Å². The average Bonchev–Trinajstić information content (AvgIpc) is 3.19. The maximum absolute atomic E-state index is 11.3. The summed E-state index contributed by atoms with van der Waals surface area (Å²) in [5, 5.41) is 9.65. The molecule has 4 atom stereocenters. The van der Waals surface area contributed by atoms with Crippen LogP contribution in [0.4, 0.5) is 0 Å². The SMILES string of the molecule is C=CCCOCC[C@@H]1[C@H](COCCCCC(=O)N(C)O)[C@@H]2CC[C@H]1O2. The largest absolute Gasteiger partial charge is 0.381 e. The van der Waals surface area contributed by atoms with E-state index in [0.717, 1.165) is 58.3 Å². The number of carbonyl (C=O) groups is 1. The van der Waals surface area contributed by atoms with Gasteiger partial charge >= 0.3 is 0 Å². The molecular formula is C19H33NO5. The van der Waals surface area contributed by atoms with Crippen molar-refractivity contribution in [3.8, 4) is 0 Å². The molecule has 6 heteroatoms. The summed E-state index contributed by atoms with van der Waals surface area (Å²) < 4.78 is 17.6. The monoisotopic (exact) mass is 355 g/mol. The van der Waals surface area contributed by atoms with E-state index < -0.39 is 0 Å². The van der Waals surface area contributed by atoms with Gasteiger partial charge in [0.15, 0.2) is 0 Å². The Morgan fingerprint density at radius 3 is 2.68 bits per heavy atom. The predicted molar refractivity (Wildman–Crippen MR) is 94.4 cm³/mol. The lowest BCUT2D eigenvalue weighted by molar-refractivity contribution is -0.159. The van der Waals surface area contributed by atoms with E-state index in [-0.39, 0.29) is 5.91 Å². The van der Waals surface area contributed by atoms with Crippen LogP contribution >= 0.6 is 0 Å². The van der Waals surface area contributed by atoms with Crippen LogP contribution in [0.1, 0.15) is 44.9 Å². The third-order valence-electron chi connectivity index (χ3n) is 5.25. The van der Waals surface area contributed by atoms with Gasteiger partial charge in [0.25, 0.3) is 0 Å². The lowest BCUT2D eigenvalue weighted by Gasteiger charge is -2.27. The van der Waals surface area contributed by atoms with Crippen molar-refractivity contribution in [3.05, 3.63) is 12.7 Å². The summed E-state index contributed by atoms with van der Waals surface area (Å²) in [5.41, 5.74) is 0. The van der Waals surface area contributed by atoms with Crippen LogP contribution in [0.2, 0.25) is 0 Å². The summed E-state index contributed by atoms with van der Waals surface area (Å²) in [5.74, 6) is 0.747. The number of hydrogen-bond donors (Lipinski definition) is 1. The molecule has 6 nitrogen and oxygen atoms in total. The number of fused-ring (bicyclic) bond motifs is 2. The summed E-state index contributed by atoms with van der Waals surface area (Å²) in [6, 6.07) is 0. The first kappa shape index (κ1) is 20.4. The Hall–Kier alpha value is -0.950. The van der Waals surface area contributed by atoms with Crippen molar-refractivity contribution >= 4 is 5.91 Å². The molecule has 2 heterocycles. The molecule has 0 aromatic rings. The second-order valence-electron chi connectivity index (χ2n) is 7.05. The molecule has 144 valence electrons.